The number of ether oxygens (including phenoxy) is 1. The van der Waals surface area contributed by atoms with Gasteiger partial charge in [-0.1, -0.05) is 49.7 Å². The van der Waals surface area contributed by atoms with E-state index in [1.54, 1.807) is 51.1 Å². The molecule has 1 aliphatic heterocycles. The van der Waals surface area contributed by atoms with Gasteiger partial charge in [0.25, 0.3) is 0 Å². The molecule has 1 saturated heterocycles. The lowest BCUT2D eigenvalue weighted by Gasteiger charge is -2.37. The zero-order valence-corrected chi connectivity index (χ0v) is 18.5. The highest BCUT2D eigenvalue weighted by atomic mass is 35.5. The average Bonchev–Trinajstić information content (AvgIpc) is 2.68. The summed E-state index contributed by atoms with van der Waals surface area (Å²) in [5.74, 6) is -1.07. The molecule has 31 heavy (non-hydrogen) atoms. The van der Waals surface area contributed by atoms with Crippen molar-refractivity contribution >= 4 is 23.6 Å². The van der Waals surface area contributed by atoms with Crippen LogP contribution < -0.4 is 5.73 Å². The van der Waals surface area contributed by atoms with E-state index in [1.807, 2.05) is 0 Å². The zero-order chi connectivity index (χ0) is 23.2. The lowest BCUT2D eigenvalue weighted by molar-refractivity contribution is -0.128. The van der Waals surface area contributed by atoms with Gasteiger partial charge in [0.15, 0.2) is 0 Å². The van der Waals surface area contributed by atoms with Crippen molar-refractivity contribution < 1.29 is 23.1 Å². The summed E-state index contributed by atoms with van der Waals surface area (Å²) in [6.07, 6.45) is 0.0278. The monoisotopic (exact) mass is 452 g/mol. The number of hydrogen-bond acceptors (Lipinski definition) is 3. The second kappa shape index (κ2) is 10.6. The Kier molecular flexibility index (Phi) is 8.39. The molecule has 1 fully saturated rings. The summed E-state index contributed by atoms with van der Waals surface area (Å²) in [7, 11) is 0. The molecular weight excluding hydrogens is 426 g/mol. The largest absolute Gasteiger partial charge is 0.446 e. The van der Waals surface area contributed by atoms with Crippen LogP contribution in [0, 0.1) is 17.0 Å². The van der Waals surface area contributed by atoms with Gasteiger partial charge in [0.2, 0.25) is 5.91 Å². The number of benzene rings is 2. The highest BCUT2D eigenvalue weighted by molar-refractivity contribution is 6.30. The number of nitrogens with zero attached hydrogens (tertiary/aromatic N) is 1. The molecule has 1 heterocycles. The summed E-state index contributed by atoms with van der Waals surface area (Å²) in [5.41, 5.74) is 4.99. The lowest BCUT2D eigenvalue weighted by atomic mass is 9.85. The van der Waals surface area contributed by atoms with Crippen LogP contribution in [0.15, 0.2) is 48.5 Å². The van der Waals surface area contributed by atoms with Crippen LogP contribution in [0.3, 0.4) is 0 Å². The van der Waals surface area contributed by atoms with Gasteiger partial charge in [-0.3, -0.25) is 4.79 Å². The maximum atomic E-state index is 14.1. The number of primary amides is 1. The zero-order valence-electron chi connectivity index (χ0n) is 17.8. The van der Waals surface area contributed by atoms with Gasteiger partial charge >= 0.3 is 6.09 Å². The second-order valence-corrected chi connectivity index (χ2v) is 8.51. The van der Waals surface area contributed by atoms with Gasteiger partial charge in [0.1, 0.15) is 17.7 Å². The molecule has 2 aromatic rings. The first-order valence-electron chi connectivity index (χ1n) is 9.94. The van der Waals surface area contributed by atoms with Gasteiger partial charge in [0.05, 0.1) is 6.04 Å². The normalized spacial score (nSPS) is 17.3. The predicted molar refractivity (Wildman–Crippen MR) is 115 cm³/mol. The molecule has 2 aromatic carbocycles. The number of carbonyl (C=O) groups is 2. The van der Waals surface area contributed by atoms with E-state index >= 15 is 0 Å². The van der Waals surface area contributed by atoms with Crippen molar-refractivity contribution in [2.24, 2.45) is 11.1 Å². The molecule has 0 spiro atoms. The number of nitrogens with two attached hydrogens (primary N) is 1. The molecule has 3 rings (SSSR count). The van der Waals surface area contributed by atoms with Gasteiger partial charge in [-0.2, -0.15) is 0 Å². The first-order chi connectivity index (χ1) is 14.5. The van der Waals surface area contributed by atoms with E-state index in [9.17, 15) is 18.4 Å². The molecule has 2 unspecified atom stereocenters. The Hall–Kier alpha value is -2.67. The summed E-state index contributed by atoms with van der Waals surface area (Å²) in [5, 5.41) is 0.304. The molecule has 0 radical (unpaired) electrons. The fraction of sp³-hybridized carbons (Fsp3) is 0.391. The summed E-state index contributed by atoms with van der Waals surface area (Å²) in [6.45, 7) is 5.60. The van der Waals surface area contributed by atoms with Crippen molar-refractivity contribution in [2.45, 2.75) is 45.8 Å². The molecule has 0 aliphatic carbocycles. The number of rotatable bonds is 5. The maximum Gasteiger partial charge on any atom is 0.410 e. The van der Waals surface area contributed by atoms with Crippen LogP contribution in [0.4, 0.5) is 13.6 Å². The standard InChI is InChI=1S/C17H22ClFN2O3.C6H5F/c1-10(13-5-4-11(18)8-14(13)19)21-7-6-12(24-16(21)23)9-17(2,3)15(20)22;7-6-4-2-1-3-5-6/h4-5,8,10,12H,6-7,9H2,1-3H3,(H2,20,22);1-5H. The molecule has 1 aliphatic rings. The number of cyclic esters (lactones) is 1. The van der Waals surface area contributed by atoms with Crippen molar-refractivity contribution in [1.82, 2.24) is 4.90 Å². The Morgan fingerprint density at radius 1 is 1.26 bits per heavy atom. The van der Waals surface area contributed by atoms with Gasteiger partial charge in [-0.25, -0.2) is 13.6 Å². The Balaban J connectivity index is 0.000000412. The van der Waals surface area contributed by atoms with E-state index in [2.05, 4.69) is 0 Å². The molecule has 5 nitrogen and oxygen atoms in total. The molecular formula is C23H27ClF2N2O3. The molecule has 0 aromatic heterocycles. The summed E-state index contributed by atoms with van der Waals surface area (Å²) < 4.78 is 31.4. The van der Waals surface area contributed by atoms with Gasteiger partial charge < -0.3 is 15.4 Å². The van der Waals surface area contributed by atoms with E-state index in [-0.39, 0.29) is 11.9 Å². The van der Waals surface area contributed by atoms with E-state index < -0.39 is 29.3 Å². The molecule has 168 valence electrons. The fourth-order valence-corrected chi connectivity index (χ4v) is 3.39. The van der Waals surface area contributed by atoms with Crippen molar-refractivity contribution in [3.05, 3.63) is 70.8 Å². The summed E-state index contributed by atoms with van der Waals surface area (Å²) in [4.78, 5) is 25.2. The number of hydrogen-bond donors (Lipinski definition) is 1. The van der Waals surface area contributed by atoms with Crippen LogP contribution in [0.25, 0.3) is 0 Å². The Morgan fingerprint density at radius 3 is 2.39 bits per heavy atom. The van der Waals surface area contributed by atoms with Crippen molar-refractivity contribution in [2.75, 3.05) is 6.54 Å². The third kappa shape index (κ3) is 6.92. The van der Waals surface area contributed by atoms with Crippen LogP contribution in [0.2, 0.25) is 5.02 Å². The minimum absolute atomic E-state index is 0.178. The highest BCUT2D eigenvalue weighted by Crippen LogP contribution is 2.32. The first kappa shape index (κ1) is 24.6. The van der Waals surface area contributed by atoms with Gasteiger partial charge in [0, 0.05) is 29.0 Å². The van der Waals surface area contributed by atoms with Crippen molar-refractivity contribution in [1.29, 1.82) is 0 Å². The summed E-state index contributed by atoms with van der Waals surface area (Å²) >= 11 is 5.76. The molecule has 0 saturated carbocycles. The van der Waals surface area contributed by atoms with Crippen molar-refractivity contribution in [3.63, 3.8) is 0 Å². The molecule has 2 atom stereocenters. The average molecular weight is 453 g/mol. The fourth-order valence-electron chi connectivity index (χ4n) is 3.23. The second-order valence-electron chi connectivity index (χ2n) is 8.08. The Bertz CT molecular complexity index is 909. The Morgan fingerprint density at radius 2 is 1.90 bits per heavy atom. The van der Waals surface area contributed by atoms with Crippen LogP contribution >= 0.6 is 11.6 Å². The van der Waals surface area contributed by atoms with Crippen LogP contribution in [-0.4, -0.2) is 29.5 Å². The molecule has 2 amide bonds. The van der Waals surface area contributed by atoms with E-state index in [0.29, 0.717) is 30.0 Å². The van der Waals surface area contributed by atoms with E-state index in [4.69, 9.17) is 22.1 Å². The number of carbonyl (C=O) groups excluding carboxylic acids is 2. The minimum Gasteiger partial charge on any atom is -0.446 e. The smallest absolute Gasteiger partial charge is 0.410 e. The quantitative estimate of drug-likeness (QED) is 0.653. The SMILES string of the molecule is CC(c1ccc(Cl)cc1F)N1CCC(CC(C)(C)C(N)=O)OC1=O.Fc1ccccc1. The molecule has 0 bridgehead atoms. The van der Waals surface area contributed by atoms with E-state index in [1.165, 1.54) is 23.1 Å². The van der Waals surface area contributed by atoms with Crippen molar-refractivity contribution in [3.8, 4) is 0 Å². The predicted octanol–water partition coefficient (Wildman–Crippen LogP) is 5.48. The minimum atomic E-state index is -0.749. The van der Waals surface area contributed by atoms with Gasteiger partial charge in [-0.15, -0.1) is 0 Å². The first-order valence-corrected chi connectivity index (χ1v) is 10.3. The van der Waals surface area contributed by atoms with Crippen LogP contribution in [0.5, 0.6) is 0 Å². The maximum absolute atomic E-state index is 14.1. The number of amides is 2. The van der Waals surface area contributed by atoms with Gasteiger partial charge in [-0.05, 0) is 37.6 Å². The topological polar surface area (TPSA) is 72.6 Å². The third-order valence-corrected chi connectivity index (χ3v) is 5.45. The highest BCUT2D eigenvalue weighted by Gasteiger charge is 2.36. The molecule has 2 N–H and O–H groups in total. The lowest BCUT2D eigenvalue weighted by Crippen LogP contribution is -2.46. The Labute approximate surface area is 186 Å². The number of halogens is 3. The summed E-state index contributed by atoms with van der Waals surface area (Å²) in [6, 6.07) is 11.8. The van der Waals surface area contributed by atoms with E-state index in [0.717, 1.165) is 0 Å². The van der Waals surface area contributed by atoms with Crippen LogP contribution in [-0.2, 0) is 9.53 Å². The molecule has 8 heteroatoms. The third-order valence-electron chi connectivity index (χ3n) is 5.21. The van der Waals surface area contributed by atoms with Crippen LogP contribution in [0.1, 0.15) is 45.2 Å².